The fourth-order valence-corrected chi connectivity index (χ4v) is 3.40. The first kappa shape index (κ1) is 16.6. The Kier molecular flexibility index (Phi) is 4.94. The van der Waals surface area contributed by atoms with Crippen LogP contribution >= 0.6 is 0 Å². The Morgan fingerprint density at radius 2 is 2.29 bits per heavy atom. The molecule has 1 fully saturated rings. The van der Waals surface area contributed by atoms with E-state index in [0.29, 0.717) is 18.8 Å². The number of aryl methyl sites for hydroxylation is 1. The summed E-state index contributed by atoms with van der Waals surface area (Å²) in [5.74, 6) is 0.0425. The topological polar surface area (TPSA) is 47.4 Å². The van der Waals surface area contributed by atoms with Gasteiger partial charge in [0.2, 0.25) is 0 Å². The van der Waals surface area contributed by atoms with E-state index >= 15 is 0 Å². The monoisotopic (exact) mass is 331 g/mol. The minimum Gasteiger partial charge on any atom is -0.379 e. The minimum atomic E-state index is -0.265. The zero-order valence-corrected chi connectivity index (χ0v) is 14.0. The number of carbonyl (C=O) groups excluding carboxylic acids is 1. The molecule has 2 aromatic rings. The molecule has 0 unspecified atom stereocenters. The van der Waals surface area contributed by atoms with E-state index in [9.17, 15) is 9.18 Å². The van der Waals surface area contributed by atoms with Gasteiger partial charge in [0, 0.05) is 33.1 Å². The summed E-state index contributed by atoms with van der Waals surface area (Å²) < 4.78 is 20.8. The highest BCUT2D eigenvalue weighted by Crippen LogP contribution is 2.25. The lowest BCUT2D eigenvalue weighted by molar-refractivity contribution is -0.0124. The van der Waals surface area contributed by atoms with Crippen LogP contribution in [0.5, 0.6) is 0 Å². The maximum absolute atomic E-state index is 13.5. The van der Waals surface area contributed by atoms with Gasteiger partial charge in [0.15, 0.2) is 5.82 Å². The fraction of sp³-hybridized carbons (Fsp3) is 0.444. The smallest absolute Gasteiger partial charge is 0.290 e. The number of aromatic nitrogens is 2. The van der Waals surface area contributed by atoms with Gasteiger partial charge in [-0.3, -0.25) is 4.79 Å². The van der Waals surface area contributed by atoms with E-state index in [1.807, 2.05) is 11.0 Å². The van der Waals surface area contributed by atoms with Crippen LogP contribution in [0.2, 0.25) is 0 Å². The number of hydrogen-bond acceptors (Lipinski definition) is 3. The van der Waals surface area contributed by atoms with Gasteiger partial charge in [-0.2, -0.15) is 0 Å². The second-order valence-corrected chi connectivity index (χ2v) is 6.18. The molecule has 1 aromatic carbocycles. The molecular formula is C18H22FN3O2. The molecule has 0 bridgehead atoms. The highest BCUT2D eigenvalue weighted by atomic mass is 19.1. The molecule has 2 atom stereocenters. The van der Waals surface area contributed by atoms with Crippen molar-refractivity contribution in [3.8, 4) is 0 Å². The lowest BCUT2D eigenvalue weighted by Crippen LogP contribution is -2.53. The Balaban J connectivity index is 1.87. The maximum Gasteiger partial charge on any atom is 0.290 e. The number of likely N-dealkylation sites (tertiary alicyclic amines) is 1. The van der Waals surface area contributed by atoms with Crippen LogP contribution < -0.4 is 0 Å². The predicted octanol–water partition coefficient (Wildman–Crippen LogP) is 2.42. The van der Waals surface area contributed by atoms with Gasteiger partial charge in [0.1, 0.15) is 5.82 Å². The molecule has 128 valence electrons. The molecule has 1 aromatic heterocycles. The Morgan fingerprint density at radius 3 is 2.96 bits per heavy atom. The first-order chi connectivity index (χ1) is 11.6. The van der Waals surface area contributed by atoms with E-state index in [2.05, 4.69) is 4.98 Å². The molecule has 1 amide bonds. The molecule has 0 radical (unpaired) electrons. The number of hydrogen-bond donors (Lipinski definition) is 0. The largest absolute Gasteiger partial charge is 0.379 e. The van der Waals surface area contributed by atoms with Crippen LogP contribution in [0, 0.1) is 5.82 Å². The molecule has 0 saturated carbocycles. The second kappa shape index (κ2) is 7.13. The third kappa shape index (κ3) is 3.33. The van der Waals surface area contributed by atoms with Crippen LogP contribution in [0.3, 0.4) is 0 Å². The molecule has 0 N–H and O–H groups in total. The molecular weight excluding hydrogens is 309 g/mol. The van der Waals surface area contributed by atoms with Gasteiger partial charge >= 0.3 is 0 Å². The molecule has 5 nitrogen and oxygen atoms in total. The average Bonchev–Trinajstić information content (AvgIpc) is 3.00. The van der Waals surface area contributed by atoms with Crippen LogP contribution in [0.15, 0.2) is 36.7 Å². The minimum absolute atomic E-state index is 0.0637. The summed E-state index contributed by atoms with van der Waals surface area (Å²) in [5, 5.41) is 0. The van der Waals surface area contributed by atoms with E-state index in [-0.39, 0.29) is 23.9 Å². The van der Waals surface area contributed by atoms with Crippen molar-refractivity contribution in [3.63, 3.8) is 0 Å². The van der Waals surface area contributed by atoms with Crippen LogP contribution in [0.1, 0.15) is 29.0 Å². The third-order valence-corrected chi connectivity index (χ3v) is 4.63. The normalized spacial score (nSPS) is 21.0. The maximum atomic E-state index is 13.5. The summed E-state index contributed by atoms with van der Waals surface area (Å²) in [4.78, 5) is 18.9. The Hall–Kier alpha value is -2.21. The van der Waals surface area contributed by atoms with E-state index in [1.165, 1.54) is 12.1 Å². The third-order valence-electron chi connectivity index (χ3n) is 4.63. The summed E-state index contributed by atoms with van der Waals surface area (Å²) in [6, 6.07) is 6.39. The number of piperidine rings is 1. The van der Waals surface area contributed by atoms with Crippen molar-refractivity contribution in [2.45, 2.75) is 31.4 Å². The van der Waals surface area contributed by atoms with Gasteiger partial charge in [0.25, 0.3) is 5.91 Å². The number of amides is 1. The molecule has 3 rings (SSSR count). The molecule has 6 heteroatoms. The number of imidazole rings is 1. The molecule has 0 spiro atoms. The van der Waals surface area contributed by atoms with Gasteiger partial charge in [-0.1, -0.05) is 12.1 Å². The average molecular weight is 331 g/mol. The number of halogens is 1. The first-order valence-corrected chi connectivity index (χ1v) is 8.15. The first-order valence-electron chi connectivity index (χ1n) is 8.15. The van der Waals surface area contributed by atoms with Crippen molar-refractivity contribution in [3.05, 3.63) is 53.9 Å². The van der Waals surface area contributed by atoms with Crippen molar-refractivity contribution in [2.24, 2.45) is 7.05 Å². The quantitative estimate of drug-likeness (QED) is 0.864. The van der Waals surface area contributed by atoms with Crippen molar-refractivity contribution < 1.29 is 13.9 Å². The molecule has 0 aliphatic carbocycles. The lowest BCUT2D eigenvalue weighted by Gasteiger charge is -2.40. The molecule has 1 saturated heterocycles. The SMILES string of the molecule is CO[C@H]1CCCN(C(=O)c2nccn2C)[C@H]1Cc1cccc(F)c1. The summed E-state index contributed by atoms with van der Waals surface area (Å²) in [6.07, 6.45) is 5.65. The number of nitrogens with zero attached hydrogens (tertiary/aromatic N) is 3. The molecule has 2 heterocycles. The van der Waals surface area contributed by atoms with Gasteiger partial charge in [-0.05, 0) is 37.0 Å². The number of benzene rings is 1. The summed E-state index contributed by atoms with van der Waals surface area (Å²) >= 11 is 0. The van der Waals surface area contributed by atoms with Crippen molar-refractivity contribution in [1.82, 2.24) is 14.5 Å². The van der Waals surface area contributed by atoms with Crippen LogP contribution in [0.25, 0.3) is 0 Å². The lowest BCUT2D eigenvalue weighted by atomic mass is 9.92. The van der Waals surface area contributed by atoms with Gasteiger partial charge in [-0.15, -0.1) is 0 Å². The highest BCUT2D eigenvalue weighted by Gasteiger charge is 2.36. The van der Waals surface area contributed by atoms with Crippen molar-refractivity contribution >= 4 is 5.91 Å². The summed E-state index contributed by atoms with van der Waals surface area (Å²) in [6.45, 7) is 0.658. The Labute approximate surface area is 141 Å². The van der Waals surface area contributed by atoms with E-state index in [1.54, 1.807) is 37.2 Å². The van der Waals surface area contributed by atoms with Crippen LogP contribution in [-0.2, 0) is 18.2 Å². The zero-order chi connectivity index (χ0) is 17.1. The second-order valence-electron chi connectivity index (χ2n) is 6.18. The van der Waals surface area contributed by atoms with Crippen molar-refractivity contribution in [2.75, 3.05) is 13.7 Å². The number of ether oxygens (including phenoxy) is 1. The number of methoxy groups -OCH3 is 1. The molecule has 1 aliphatic heterocycles. The van der Waals surface area contributed by atoms with Gasteiger partial charge in [-0.25, -0.2) is 9.37 Å². The summed E-state index contributed by atoms with van der Waals surface area (Å²) in [5.41, 5.74) is 0.863. The Bertz CT molecular complexity index is 716. The van der Waals surface area contributed by atoms with Crippen LogP contribution in [0.4, 0.5) is 4.39 Å². The van der Waals surface area contributed by atoms with Crippen LogP contribution in [-0.4, -0.2) is 46.2 Å². The zero-order valence-electron chi connectivity index (χ0n) is 14.0. The van der Waals surface area contributed by atoms with Gasteiger partial charge in [0.05, 0.1) is 12.1 Å². The van der Waals surface area contributed by atoms with E-state index < -0.39 is 0 Å². The number of rotatable bonds is 4. The predicted molar refractivity (Wildman–Crippen MR) is 88.2 cm³/mol. The summed E-state index contributed by atoms with van der Waals surface area (Å²) in [7, 11) is 3.47. The van der Waals surface area contributed by atoms with E-state index in [4.69, 9.17) is 4.74 Å². The number of carbonyl (C=O) groups is 1. The fourth-order valence-electron chi connectivity index (χ4n) is 3.40. The molecule has 1 aliphatic rings. The van der Waals surface area contributed by atoms with E-state index in [0.717, 1.165) is 18.4 Å². The molecule has 24 heavy (non-hydrogen) atoms. The standard InChI is InChI=1S/C18H22FN3O2/c1-21-10-8-20-17(21)18(23)22-9-4-7-16(24-2)15(22)12-13-5-3-6-14(19)11-13/h3,5-6,8,10-11,15-16H,4,7,9,12H2,1-2H3/t15-,16-/m0/s1. The van der Waals surface area contributed by atoms with Crippen molar-refractivity contribution in [1.29, 1.82) is 0 Å². The Morgan fingerprint density at radius 1 is 1.46 bits per heavy atom. The highest BCUT2D eigenvalue weighted by molar-refractivity contribution is 5.91. The van der Waals surface area contributed by atoms with Gasteiger partial charge < -0.3 is 14.2 Å².